The molecule has 1 aromatic rings. The Kier molecular flexibility index (Phi) is 6.16. The highest BCUT2D eigenvalue weighted by molar-refractivity contribution is 7.89. The molecule has 2 fully saturated rings. The van der Waals surface area contributed by atoms with E-state index in [1.54, 1.807) is 13.0 Å². The van der Waals surface area contributed by atoms with Gasteiger partial charge in [-0.15, -0.1) is 0 Å². The molecule has 27 heavy (non-hydrogen) atoms. The largest absolute Gasteiger partial charge is 0.462 e. The van der Waals surface area contributed by atoms with Crippen molar-refractivity contribution in [3.05, 3.63) is 29.8 Å². The number of hydrogen-bond donors (Lipinski definition) is 0. The molecule has 1 amide bonds. The summed E-state index contributed by atoms with van der Waals surface area (Å²) in [6, 6.07) is 5.93. The normalized spacial score (nSPS) is 19.2. The highest BCUT2D eigenvalue weighted by Crippen LogP contribution is 2.26. The van der Waals surface area contributed by atoms with Crippen LogP contribution in [-0.2, 0) is 19.6 Å². The Labute approximate surface area is 160 Å². The van der Waals surface area contributed by atoms with Crippen LogP contribution in [0.25, 0.3) is 0 Å². The van der Waals surface area contributed by atoms with E-state index in [1.807, 2.05) is 4.90 Å². The van der Waals surface area contributed by atoms with Crippen LogP contribution in [-0.4, -0.2) is 62.3 Å². The Morgan fingerprint density at radius 2 is 1.78 bits per heavy atom. The van der Waals surface area contributed by atoms with Gasteiger partial charge in [-0.25, -0.2) is 13.2 Å². The Bertz CT molecular complexity index is 794. The number of piperidine rings is 1. The lowest BCUT2D eigenvalue weighted by Crippen LogP contribution is -2.43. The van der Waals surface area contributed by atoms with Gasteiger partial charge in [-0.1, -0.05) is 6.07 Å². The lowest BCUT2D eigenvalue weighted by atomic mass is 9.97. The number of carbonyl (C=O) groups excluding carboxylic acids is 2. The lowest BCUT2D eigenvalue weighted by Gasteiger charge is -2.32. The van der Waals surface area contributed by atoms with E-state index >= 15 is 0 Å². The van der Waals surface area contributed by atoms with Crippen LogP contribution in [0.4, 0.5) is 0 Å². The predicted molar refractivity (Wildman–Crippen MR) is 99.7 cm³/mol. The van der Waals surface area contributed by atoms with Gasteiger partial charge in [-0.05, 0) is 50.8 Å². The van der Waals surface area contributed by atoms with E-state index in [2.05, 4.69) is 0 Å². The molecule has 0 bridgehead atoms. The van der Waals surface area contributed by atoms with Gasteiger partial charge in [0.25, 0.3) is 0 Å². The fraction of sp³-hybridized carbons (Fsp3) is 0.579. The number of sulfonamides is 1. The molecule has 0 N–H and O–H groups in total. The van der Waals surface area contributed by atoms with Gasteiger partial charge in [-0.2, -0.15) is 4.31 Å². The van der Waals surface area contributed by atoms with E-state index in [-0.39, 0.29) is 28.9 Å². The average molecular weight is 394 g/mol. The molecule has 2 aliphatic rings. The Morgan fingerprint density at radius 1 is 1.11 bits per heavy atom. The molecule has 0 aromatic heterocycles. The monoisotopic (exact) mass is 394 g/mol. The maximum Gasteiger partial charge on any atom is 0.338 e. The zero-order chi connectivity index (χ0) is 19.4. The summed E-state index contributed by atoms with van der Waals surface area (Å²) in [6.45, 7) is 4.20. The minimum atomic E-state index is -3.70. The minimum Gasteiger partial charge on any atom is -0.462 e. The third-order valence-corrected chi connectivity index (χ3v) is 7.10. The highest BCUT2D eigenvalue weighted by atomic mass is 32.2. The number of nitrogens with zero attached hydrogens (tertiary/aromatic N) is 2. The van der Waals surface area contributed by atoms with E-state index in [0.29, 0.717) is 25.9 Å². The first-order chi connectivity index (χ1) is 12.9. The first-order valence-corrected chi connectivity index (χ1v) is 10.9. The molecule has 0 aliphatic carbocycles. The van der Waals surface area contributed by atoms with Crippen LogP contribution in [0.1, 0.15) is 43.0 Å². The number of amides is 1. The van der Waals surface area contributed by atoms with Gasteiger partial charge in [-0.3, -0.25) is 4.79 Å². The number of benzene rings is 1. The molecule has 8 heteroatoms. The van der Waals surface area contributed by atoms with Gasteiger partial charge in [0.2, 0.25) is 15.9 Å². The van der Waals surface area contributed by atoms with Crippen molar-refractivity contribution >= 4 is 21.9 Å². The van der Waals surface area contributed by atoms with Crippen LogP contribution in [0.3, 0.4) is 0 Å². The van der Waals surface area contributed by atoms with Crippen molar-refractivity contribution in [3.8, 4) is 0 Å². The zero-order valence-electron chi connectivity index (χ0n) is 15.6. The Balaban J connectivity index is 1.67. The van der Waals surface area contributed by atoms with Crippen LogP contribution in [0, 0.1) is 5.92 Å². The molecule has 2 heterocycles. The van der Waals surface area contributed by atoms with Crippen LogP contribution < -0.4 is 0 Å². The number of carbonyl (C=O) groups is 2. The van der Waals surface area contributed by atoms with Crippen LogP contribution in [0.2, 0.25) is 0 Å². The molecular weight excluding hydrogens is 368 g/mol. The zero-order valence-corrected chi connectivity index (χ0v) is 16.4. The number of likely N-dealkylation sites (tertiary alicyclic amines) is 1. The van der Waals surface area contributed by atoms with E-state index < -0.39 is 16.0 Å². The van der Waals surface area contributed by atoms with Crippen molar-refractivity contribution in [1.82, 2.24) is 9.21 Å². The van der Waals surface area contributed by atoms with Gasteiger partial charge in [0, 0.05) is 32.1 Å². The SMILES string of the molecule is CCOC(=O)c1cccc(S(=O)(=O)N2CCC(C(=O)N3CCCC3)CC2)c1. The van der Waals surface area contributed by atoms with Crippen molar-refractivity contribution in [2.45, 2.75) is 37.5 Å². The molecule has 3 rings (SSSR count). The Morgan fingerprint density at radius 3 is 2.41 bits per heavy atom. The van der Waals surface area contributed by atoms with Crippen molar-refractivity contribution in [2.75, 3.05) is 32.8 Å². The average Bonchev–Trinajstić information content (AvgIpc) is 3.22. The topological polar surface area (TPSA) is 84.0 Å². The fourth-order valence-corrected chi connectivity index (χ4v) is 5.20. The second kappa shape index (κ2) is 8.39. The van der Waals surface area contributed by atoms with E-state index in [1.165, 1.54) is 22.5 Å². The van der Waals surface area contributed by atoms with Crippen LogP contribution >= 0.6 is 0 Å². The fourth-order valence-electron chi connectivity index (χ4n) is 3.69. The molecule has 0 saturated carbocycles. The second-order valence-electron chi connectivity index (χ2n) is 6.96. The smallest absolute Gasteiger partial charge is 0.338 e. The van der Waals surface area contributed by atoms with Gasteiger partial charge >= 0.3 is 5.97 Å². The third kappa shape index (κ3) is 4.32. The molecule has 148 valence electrons. The van der Waals surface area contributed by atoms with Crippen molar-refractivity contribution in [1.29, 1.82) is 0 Å². The van der Waals surface area contributed by atoms with Crippen molar-refractivity contribution in [2.24, 2.45) is 5.92 Å². The van der Waals surface area contributed by atoms with Gasteiger partial charge in [0.05, 0.1) is 17.1 Å². The quantitative estimate of drug-likeness (QED) is 0.712. The first-order valence-electron chi connectivity index (χ1n) is 9.49. The molecule has 2 aliphatic heterocycles. The lowest BCUT2D eigenvalue weighted by molar-refractivity contribution is -0.135. The summed E-state index contributed by atoms with van der Waals surface area (Å²) in [4.78, 5) is 26.4. The molecule has 0 radical (unpaired) electrons. The van der Waals surface area contributed by atoms with Gasteiger partial charge in [0.15, 0.2) is 0 Å². The molecule has 0 spiro atoms. The van der Waals surface area contributed by atoms with Crippen molar-refractivity contribution < 1.29 is 22.7 Å². The summed E-state index contributed by atoms with van der Waals surface area (Å²) < 4.78 is 32.2. The Hall–Kier alpha value is -1.93. The standard InChI is InChI=1S/C19H26N2O5S/c1-2-26-19(23)16-6-5-7-17(14-16)27(24,25)21-12-8-15(9-13-21)18(22)20-10-3-4-11-20/h5-7,14-15H,2-4,8-13H2,1H3. The van der Waals surface area contributed by atoms with Crippen LogP contribution in [0.5, 0.6) is 0 Å². The van der Waals surface area contributed by atoms with E-state index in [0.717, 1.165) is 25.9 Å². The van der Waals surface area contributed by atoms with Crippen molar-refractivity contribution in [3.63, 3.8) is 0 Å². The summed E-state index contributed by atoms with van der Waals surface area (Å²) in [5.41, 5.74) is 0.219. The van der Waals surface area contributed by atoms with Crippen LogP contribution in [0.15, 0.2) is 29.2 Å². The molecule has 0 unspecified atom stereocenters. The van der Waals surface area contributed by atoms with E-state index in [4.69, 9.17) is 4.74 Å². The van der Waals surface area contributed by atoms with E-state index in [9.17, 15) is 18.0 Å². The maximum absolute atomic E-state index is 12.9. The number of ether oxygens (including phenoxy) is 1. The number of rotatable bonds is 5. The maximum atomic E-state index is 12.9. The third-order valence-electron chi connectivity index (χ3n) is 5.20. The summed E-state index contributed by atoms with van der Waals surface area (Å²) in [5.74, 6) is -0.473. The van der Waals surface area contributed by atoms with Gasteiger partial charge in [0.1, 0.15) is 0 Å². The number of esters is 1. The summed E-state index contributed by atoms with van der Waals surface area (Å²) in [7, 11) is -3.70. The highest BCUT2D eigenvalue weighted by Gasteiger charge is 2.34. The second-order valence-corrected chi connectivity index (χ2v) is 8.90. The van der Waals surface area contributed by atoms with Gasteiger partial charge < -0.3 is 9.64 Å². The summed E-state index contributed by atoms with van der Waals surface area (Å²) >= 11 is 0. The first kappa shape index (κ1) is 19.8. The predicted octanol–water partition coefficient (Wildman–Crippen LogP) is 1.89. The molecule has 7 nitrogen and oxygen atoms in total. The molecule has 1 aromatic carbocycles. The molecule has 0 atom stereocenters. The summed E-state index contributed by atoms with van der Waals surface area (Å²) in [6.07, 6.45) is 3.17. The minimum absolute atomic E-state index is 0.0809. The molecule has 2 saturated heterocycles. The summed E-state index contributed by atoms with van der Waals surface area (Å²) in [5, 5.41) is 0. The number of hydrogen-bond acceptors (Lipinski definition) is 5. The molecular formula is C19H26N2O5S.